The van der Waals surface area contributed by atoms with Crippen molar-refractivity contribution >= 4 is 23.1 Å². The minimum atomic E-state index is -0.182. The molecule has 0 fully saturated rings. The van der Waals surface area contributed by atoms with Crippen molar-refractivity contribution in [2.24, 2.45) is 5.73 Å². The van der Waals surface area contributed by atoms with Gasteiger partial charge in [0.25, 0.3) is 5.91 Å². The van der Waals surface area contributed by atoms with Gasteiger partial charge in [-0.2, -0.15) is 0 Å². The van der Waals surface area contributed by atoms with Gasteiger partial charge in [0.2, 0.25) is 0 Å². The molecule has 1 aromatic carbocycles. The fraction of sp³-hybridized carbons (Fsp3) is 0.200. The molecule has 3 N–H and O–H groups in total. The van der Waals surface area contributed by atoms with Crippen molar-refractivity contribution in [1.82, 2.24) is 10.4 Å². The Morgan fingerprint density at radius 1 is 1.40 bits per heavy atom. The lowest BCUT2D eigenvalue weighted by Crippen LogP contribution is -2.36. The zero-order valence-corrected chi connectivity index (χ0v) is 9.47. The predicted octanol–water partition coefficient (Wildman–Crippen LogP) is 0.527. The molecule has 1 rings (SSSR count). The molecule has 4 nitrogen and oxygen atoms in total. The summed E-state index contributed by atoms with van der Waals surface area (Å²) >= 11 is 4.83. The first kappa shape index (κ1) is 11.6. The molecule has 1 aromatic rings. The smallest absolute Gasteiger partial charge is 0.265 e. The summed E-state index contributed by atoms with van der Waals surface area (Å²) < 4.78 is 0. The molecular formula is C10H13N3OS. The van der Waals surface area contributed by atoms with Crippen LogP contribution in [-0.2, 0) is 0 Å². The molecule has 15 heavy (non-hydrogen) atoms. The molecule has 0 aromatic heterocycles. The Bertz CT molecular complexity index is 390. The number of hydrazine groups is 1. The number of thiocarbonyl (C=S) groups is 1. The van der Waals surface area contributed by atoms with Crippen LogP contribution in [0.3, 0.4) is 0 Å². The summed E-state index contributed by atoms with van der Waals surface area (Å²) in [5.74, 6) is -0.182. The van der Waals surface area contributed by atoms with Crippen molar-refractivity contribution < 1.29 is 4.79 Å². The molecule has 0 atom stereocenters. The van der Waals surface area contributed by atoms with Crippen LogP contribution in [0.1, 0.15) is 15.9 Å². The zero-order chi connectivity index (χ0) is 11.4. The van der Waals surface area contributed by atoms with Gasteiger partial charge >= 0.3 is 0 Å². The van der Waals surface area contributed by atoms with Crippen LogP contribution in [0.4, 0.5) is 0 Å². The molecule has 0 saturated carbocycles. The summed E-state index contributed by atoms with van der Waals surface area (Å²) in [5, 5.41) is 1.58. The number of carbonyl (C=O) groups excluding carboxylic acids is 1. The second-order valence-electron chi connectivity index (χ2n) is 3.28. The highest BCUT2D eigenvalue weighted by molar-refractivity contribution is 7.80. The monoisotopic (exact) mass is 223 g/mol. The number of nitrogens with one attached hydrogen (secondary N) is 1. The predicted molar refractivity (Wildman–Crippen MR) is 63.5 cm³/mol. The lowest BCUT2D eigenvalue weighted by Gasteiger charge is -2.12. The van der Waals surface area contributed by atoms with E-state index in [9.17, 15) is 4.79 Å². The van der Waals surface area contributed by atoms with Crippen molar-refractivity contribution in [2.75, 3.05) is 14.1 Å². The third-order valence-corrected chi connectivity index (χ3v) is 1.97. The Labute approximate surface area is 94.0 Å². The van der Waals surface area contributed by atoms with E-state index in [-0.39, 0.29) is 10.9 Å². The number of carbonyl (C=O) groups is 1. The Kier molecular flexibility index (Phi) is 3.76. The first-order valence-electron chi connectivity index (χ1n) is 4.39. The maximum atomic E-state index is 11.6. The fourth-order valence-electron chi connectivity index (χ4n) is 1.08. The van der Waals surface area contributed by atoms with Gasteiger partial charge in [0.1, 0.15) is 4.99 Å². The molecule has 5 heteroatoms. The van der Waals surface area contributed by atoms with E-state index in [1.807, 2.05) is 0 Å². The van der Waals surface area contributed by atoms with Crippen LogP contribution in [0.25, 0.3) is 0 Å². The van der Waals surface area contributed by atoms with E-state index < -0.39 is 0 Å². The lowest BCUT2D eigenvalue weighted by atomic mass is 10.1. The summed E-state index contributed by atoms with van der Waals surface area (Å²) in [7, 11) is 3.49. The first-order chi connectivity index (χ1) is 7.00. The summed E-state index contributed by atoms with van der Waals surface area (Å²) in [4.78, 5) is 11.9. The normalized spacial score (nSPS) is 10.1. The minimum absolute atomic E-state index is 0.182. The van der Waals surface area contributed by atoms with Crippen LogP contribution in [0.15, 0.2) is 24.3 Å². The van der Waals surface area contributed by atoms with E-state index in [0.717, 1.165) is 0 Å². The second kappa shape index (κ2) is 4.86. The molecule has 0 radical (unpaired) electrons. The molecule has 0 saturated heterocycles. The number of benzene rings is 1. The molecule has 0 bridgehead atoms. The van der Waals surface area contributed by atoms with Gasteiger partial charge in [0, 0.05) is 25.2 Å². The largest absolute Gasteiger partial charge is 0.389 e. The molecular weight excluding hydrogens is 210 g/mol. The van der Waals surface area contributed by atoms with Crippen LogP contribution in [-0.4, -0.2) is 30.0 Å². The molecule has 0 spiro atoms. The van der Waals surface area contributed by atoms with Crippen molar-refractivity contribution in [3.8, 4) is 0 Å². The van der Waals surface area contributed by atoms with Crippen molar-refractivity contribution in [2.45, 2.75) is 0 Å². The molecule has 0 aliphatic rings. The highest BCUT2D eigenvalue weighted by atomic mass is 32.1. The SMILES string of the molecule is CN(C)NC(=O)c1cccc(C(N)=S)c1. The van der Waals surface area contributed by atoms with E-state index in [2.05, 4.69) is 5.43 Å². The third-order valence-electron chi connectivity index (χ3n) is 1.73. The first-order valence-corrected chi connectivity index (χ1v) is 4.79. The summed E-state index contributed by atoms with van der Waals surface area (Å²) in [6.07, 6.45) is 0. The lowest BCUT2D eigenvalue weighted by molar-refractivity contribution is 0.0857. The van der Waals surface area contributed by atoms with E-state index in [1.165, 1.54) is 0 Å². The maximum absolute atomic E-state index is 11.6. The highest BCUT2D eigenvalue weighted by Gasteiger charge is 2.07. The molecule has 80 valence electrons. The number of rotatable bonds is 3. The summed E-state index contributed by atoms with van der Waals surface area (Å²) in [6.45, 7) is 0. The molecule has 0 heterocycles. The molecule has 0 aliphatic carbocycles. The van der Waals surface area contributed by atoms with Crippen LogP contribution >= 0.6 is 12.2 Å². The van der Waals surface area contributed by atoms with Gasteiger partial charge in [-0.15, -0.1) is 0 Å². The van der Waals surface area contributed by atoms with Gasteiger partial charge in [-0.25, -0.2) is 5.01 Å². The van der Waals surface area contributed by atoms with Crippen molar-refractivity contribution in [1.29, 1.82) is 0 Å². The number of amides is 1. The summed E-state index contributed by atoms with van der Waals surface area (Å²) in [5.41, 5.74) is 9.34. The number of nitrogens with two attached hydrogens (primary N) is 1. The molecule has 1 amide bonds. The van der Waals surface area contributed by atoms with Gasteiger partial charge < -0.3 is 5.73 Å². The fourth-order valence-corrected chi connectivity index (χ4v) is 1.21. The van der Waals surface area contributed by atoms with Crippen LogP contribution in [0, 0.1) is 0 Å². The number of hydrogen-bond donors (Lipinski definition) is 2. The number of hydrogen-bond acceptors (Lipinski definition) is 3. The highest BCUT2D eigenvalue weighted by Crippen LogP contribution is 2.05. The van der Waals surface area contributed by atoms with Gasteiger partial charge in [-0.3, -0.25) is 10.2 Å². The zero-order valence-electron chi connectivity index (χ0n) is 8.65. The third kappa shape index (κ3) is 3.30. The number of nitrogens with zero attached hydrogens (tertiary/aromatic N) is 1. The molecule has 0 unspecified atom stereocenters. The van der Waals surface area contributed by atoms with Crippen LogP contribution in [0.2, 0.25) is 0 Å². The van der Waals surface area contributed by atoms with E-state index in [0.29, 0.717) is 11.1 Å². The molecule has 0 aliphatic heterocycles. The Morgan fingerprint density at radius 3 is 2.53 bits per heavy atom. The Morgan fingerprint density at radius 2 is 2.00 bits per heavy atom. The second-order valence-corrected chi connectivity index (χ2v) is 3.72. The van der Waals surface area contributed by atoms with E-state index >= 15 is 0 Å². The van der Waals surface area contributed by atoms with Gasteiger partial charge in [0.05, 0.1) is 0 Å². The van der Waals surface area contributed by atoms with Gasteiger partial charge in [-0.05, 0) is 12.1 Å². The van der Waals surface area contributed by atoms with E-state index in [1.54, 1.807) is 43.4 Å². The average molecular weight is 223 g/mol. The Balaban J connectivity index is 2.90. The maximum Gasteiger partial charge on any atom is 0.265 e. The van der Waals surface area contributed by atoms with Crippen molar-refractivity contribution in [3.63, 3.8) is 0 Å². The minimum Gasteiger partial charge on any atom is -0.389 e. The summed E-state index contributed by atoms with van der Waals surface area (Å²) in [6, 6.07) is 6.90. The average Bonchev–Trinajstić information content (AvgIpc) is 2.17. The topological polar surface area (TPSA) is 58.4 Å². The van der Waals surface area contributed by atoms with Crippen molar-refractivity contribution in [3.05, 3.63) is 35.4 Å². The van der Waals surface area contributed by atoms with Crippen LogP contribution in [0.5, 0.6) is 0 Å². The van der Waals surface area contributed by atoms with Gasteiger partial charge in [-0.1, -0.05) is 24.4 Å². The van der Waals surface area contributed by atoms with Gasteiger partial charge in [0.15, 0.2) is 0 Å². The van der Waals surface area contributed by atoms with E-state index in [4.69, 9.17) is 18.0 Å². The Hall–Kier alpha value is -1.46. The van der Waals surface area contributed by atoms with Crippen LogP contribution < -0.4 is 11.2 Å². The quantitative estimate of drug-likeness (QED) is 0.579. The standard InChI is InChI=1S/C10H13N3OS/c1-13(2)12-10(14)8-5-3-4-7(6-8)9(11)15/h3-6H,1-2H3,(H2,11,15)(H,12,14).